The molecule has 2 rings (SSSR count). The van der Waals surface area contributed by atoms with Gasteiger partial charge in [-0.25, -0.2) is 0 Å². The van der Waals surface area contributed by atoms with Crippen LogP contribution >= 0.6 is 0 Å². The molecule has 0 radical (unpaired) electrons. The third-order valence-electron chi connectivity index (χ3n) is 3.11. The summed E-state index contributed by atoms with van der Waals surface area (Å²) < 4.78 is 5.64. The first-order valence-electron chi connectivity index (χ1n) is 6.75. The zero-order chi connectivity index (χ0) is 16.3. The van der Waals surface area contributed by atoms with Crippen LogP contribution in [-0.4, -0.2) is 9.91 Å². The zero-order valence-corrected chi connectivity index (χ0v) is 12.5. The van der Waals surface area contributed by atoms with Gasteiger partial charge in [0.05, 0.1) is 4.92 Å². The van der Waals surface area contributed by atoms with Gasteiger partial charge in [0.1, 0.15) is 11.8 Å². The predicted molar refractivity (Wildman–Crippen MR) is 80.9 cm³/mol. The lowest BCUT2D eigenvalue weighted by Gasteiger charge is -2.11. The Balaban J connectivity index is 2.36. The summed E-state index contributed by atoms with van der Waals surface area (Å²) in [4.78, 5) is 14.0. The maximum absolute atomic E-state index is 10.8. The van der Waals surface area contributed by atoms with Crippen molar-refractivity contribution >= 4 is 5.69 Å². The third kappa shape index (κ3) is 3.38. The first-order chi connectivity index (χ1) is 10.4. The molecule has 0 N–H and O–H groups in total. The number of benzene rings is 1. The lowest BCUT2D eigenvalue weighted by molar-refractivity contribution is -0.385. The normalized spacial score (nSPS) is 10.3. The molecular weight excluding hydrogens is 282 g/mol. The summed E-state index contributed by atoms with van der Waals surface area (Å²) in [7, 11) is 0. The Bertz CT molecular complexity index is 764. The predicted octanol–water partition coefficient (Wildman–Crippen LogP) is 4.09. The highest BCUT2D eigenvalue weighted by Gasteiger charge is 2.16. The summed E-state index contributed by atoms with van der Waals surface area (Å²) in [6.45, 7) is 6.12. The summed E-state index contributed by atoms with van der Waals surface area (Å²) in [6.07, 6.45) is 0. The molecule has 2 aromatic rings. The maximum atomic E-state index is 10.8. The Morgan fingerprint density at radius 1 is 1.32 bits per heavy atom. The van der Waals surface area contributed by atoms with Crippen LogP contribution in [0, 0.1) is 28.4 Å². The molecule has 1 aromatic carbocycles. The summed E-state index contributed by atoms with van der Waals surface area (Å²) in [5.74, 6) is 1.10. The largest absolute Gasteiger partial charge is 0.439 e. The second-order valence-electron chi connectivity index (χ2n) is 5.22. The molecule has 0 fully saturated rings. The fourth-order valence-corrected chi connectivity index (χ4v) is 2.01. The van der Waals surface area contributed by atoms with E-state index in [-0.39, 0.29) is 17.3 Å². The Kier molecular flexibility index (Phi) is 4.37. The van der Waals surface area contributed by atoms with Crippen LogP contribution in [0.3, 0.4) is 0 Å². The van der Waals surface area contributed by atoms with Crippen LogP contribution in [0.15, 0.2) is 30.3 Å². The molecule has 0 aliphatic heterocycles. The second-order valence-corrected chi connectivity index (χ2v) is 5.22. The van der Waals surface area contributed by atoms with E-state index in [2.05, 4.69) is 24.9 Å². The molecule has 0 atom stereocenters. The lowest BCUT2D eigenvalue weighted by atomic mass is 10.0. The van der Waals surface area contributed by atoms with Crippen LogP contribution < -0.4 is 4.74 Å². The zero-order valence-electron chi connectivity index (χ0n) is 12.5. The van der Waals surface area contributed by atoms with Gasteiger partial charge >= 0.3 is 5.69 Å². The van der Waals surface area contributed by atoms with E-state index >= 15 is 0 Å². The van der Waals surface area contributed by atoms with Crippen molar-refractivity contribution in [2.75, 3.05) is 0 Å². The fourth-order valence-electron chi connectivity index (χ4n) is 2.01. The molecular formula is C16H15N3O3. The van der Waals surface area contributed by atoms with Gasteiger partial charge in [-0.3, -0.25) is 10.1 Å². The first-order valence-corrected chi connectivity index (χ1v) is 6.75. The van der Waals surface area contributed by atoms with Gasteiger partial charge in [0.2, 0.25) is 11.6 Å². The smallest absolute Gasteiger partial charge is 0.305 e. The van der Waals surface area contributed by atoms with Gasteiger partial charge in [0.25, 0.3) is 0 Å². The molecule has 1 aromatic heterocycles. The van der Waals surface area contributed by atoms with Crippen molar-refractivity contribution in [2.24, 2.45) is 0 Å². The molecule has 0 spiro atoms. The van der Waals surface area contributed by atoms with E-state index in [4.69, 9.17) is 10.00 Å². The quantitative estimate of drug-likeness (QED) is 0.626. The van der Waals surface area contributed by atoms with Crippen LogP contribution in [0.1, 0.15) is 36.6 Å². The minimum absolute atomic E-state index is 0.155. The average molecular weight is 297 g/mol. The van der Waals surface area contributed by atoms with Gasteiger partial charge in [-0.2, -0.15) is 10.2 Å². The van der Waals surface area contributed by atoms with E-state index in [9.17, 15) is 10.1 Å². The van der Waals surface area contributed by atoms with Crippen molar-refractivity contribution in [2.45, 2.75) is 26.7 Å². The Labute approximate surface area is 128 Å². The standard InChI is InChI=1S/C16H15N3O3/c1-10(2)12-6-11(3)7-13(8-12)22-16-5-4-15(19(20)21)14(9-17)18-16/h4-8,10H,1-3H3. The highest BCUT2D eigenvalue weighted by molar-refractivity contribution is 5.46. The van der Waals surface area contributed by atoms with Gasteiger partial charge in [-0.1, -0.05) is 19.9 Å². The summed E-state index contributed by atoms with van der Waals surface area (Å²) in [6, 6.07) is 10.1. The van der Waals surface area contributed by atoms with E-state index in [0.29, 0.717) is 11.7 Å². The number of hydrogen-bond acceptors (Lipinski definition) is 5. The van der Waals surface area contributed by atoms with E-state index < -0.39 is 4.92 Å². The van der Waals surface area contributed by atoms with Crippen LogP contribution in [0.2, 0.25) is 0 Å². The molecule has 0 aliphatic carbocycles. The van der Waals surface area contributed by atoms with Crippen molar-refractivity contribution in [3.05, 3.63) is 57.3 Å². The Morgan fingerprint density at radius 2 is 2.05 bits per heavy atom. The SMILES string of the molecule is Cc1cc(Oc2ccc([N+](=O)[O-])c(C#N)n2)cc(C(C)C)c1. The van der Waals surface area contributed by atoms with Gasteiger partial charge in [0, 0.05) is 12.1 Å². The van der Waals surface area contributed by atoms with Crippen molar-refractivity contribution in [3.63, 3.8) is 0 Å². The number of nitro groups is 1. The van der Waals surface area contributed by atoms with Gasteiger partial charge in [-0.15, -0.1) is 0 Å². The van der Waals surface area contributed by atoms with Crippen molar-refractivity contribution in [1.29, 1.82) is 5.26 Å². The molecule has 0 saturated carbocycles. The van der Waals surface area contributed by atoms with E-state index in [1.807, 2.05) is 19.1 Å². The number of aryl methyl sites for hydroxylation is 1. The number of hydrogen-bond donors (Lipinski definition) is 0. The van der Waals surface area contributed by atoms with Crippen molar-refractivity contribution < 1.29 is 9.66 Å². The van der Waals surface area contributed by atoms with E-state index in [1.54, 1.807) is 6.07 Å². The third-order valence-corrected chi connectivity index (χ3v) is 3.11. The van der Waals surface area contributed by atoms with Crippen LogP contribution in [-0.2, 0) is 0 Å². The minimum atomic E-state index is -0.640. The molecule has 0 saturated heterocycles. The number of pyridine rings is 1. The molecule has 0 amide bonds. The Hall–Kier alpha value is -2.94. The van der Waals surface area contributed by atoms with Crippen LogP contribution in [0.4, 0.5) is 5.69 Å². The Morgan fingerprint density at radius 3 is 2.64 bits per heavy atom. The maximum Gasteiger partial charge on any atom is 0.305 e. The monoisotopic (exact) mass is 297 g/mol. The molecule has 0 unspecified atom stereocenters. The molecule has 6 nitrogen and oxygen atoms in total. The number of aromatic nitrogens is 1. The highest BCUT2D eigenvalue weighted by Crippen LogP contribution is 2.27. The minimum Gasteiger partial charge on any atom is -0.439 e. The van der Waals surface area contributed by atoms with Crippen molar-refractivity contribution in [1.82, 2.24) is 4.98 Å². The molecule has 6 heteroatoms. The molecule has 112 valence electrons. The highest BCUT2D eigenvalue weighted by atomic mass is 16.6. The molecule has 1 heterocycles. The summed E-state index contributed by atoms with van der Waals surface area (Å²) >= 11 is 0. The molecule has 0 bridgehead atoms. The number of nitrogens with zero attached hydrogens (tertiary/aromatic N) is 3. The first kappa shape index (κ1) is 15.4. The van der Waals surface area contributed by atoms with E-state index in [0.717, 1.165) is 11.1 Å². The summed E-state index contributed by atoms with van der Waals surface area (Å²) in [5.41, 5.74) is 1.57. The second kappa shape index (κ2) is 6.22. The number of rotatable bonds is 4. The number of ether oxygens (including phenoxy) is 1. The van der Waals surface area contributed by atoms with Gasteiger partial charge in [-0.05, 0) is 36.1 Å². The van der Waals surface area contributed by atoms with E-state index in [1.165, 1.54) is 12.1 Å². The number of nitriles is 1. The average Bonchev–Trinajstić information content (AvgIpc) is 2.46. The van der Waals surface area contributed by atoms with Gasteiger partial charge < -0.3 is 4.74 Å². The van der Waals surface area contributed by atoms with Crippen LogP contribution in [0.5, 0.6) is 11.6 Å². The fraction of sp³-hybridized carbons (Fsp3) is 0.250. The summed E-state index contributed by atoms with van der Waals surface area (Å²) in [5, 5.41) is 19.7. The lowest BCUT2D eigenvalue weighted by Crippen LogP contribution is -1.98. The van der Waals surface area contributed by atoms with Crippen molar-refractivity contribution in [3.8, 4) is 17.7 Å². The molecule has 0 aliphatic rings. The van der Waals surface area contributed by atoms with Crippen LogP contribution in [0.25, 0.3) is 0 Å². The topological polar surface area (TPSA) is 89.0 Å². The van der Waals surface area contributed by atoms with Gasteiger partial charge in [0.15, 0.2) is 0 Å². The molecule has 22 heavy (non-hydrogen) atoms.